The first-order valence-electron chi connectivity index (χ1n) is 6.10. The summed E-state index contributed by atoms with van der Waals surface area (Å²) in [5.41, 5.74) is 1.61. The van der Waals surface area contributed by atoms with Crippen molar-refractivity contribution in [1.82, 2.24) is 4.98 Å². The molecule has 0 spiro atoms. The van der Waals surface area contributed by atoms with E-state index in [1.54, 1.807) is 18.3 Å². The van der Waals surface area contributed by atoms with Crippen molar-refractivity contribution in [3.8, 4) is 6.07 Å². The number of aromatic nitrogens is 1. The number of hydrogen-bond acceptors (Lipinski definition) is 4. The summed E-state index contributed by atoms with van der Waals surface area (Å²) in [5.74, 6) is 0.514. The molecule has 4 heteroatoms. The molecule has 0 amide bonds. The molecule has 0 fully saturated rings. The Balaban J connectivity index is 2.09. The number of hydrogen-bond donors (Lipinski definition) is 2. The van der Waals surface area contributed by atoms with Crippen molar-refractivity contribution < 1.29 is 5.11 Å². The molecule has 0 bridgehead atoms. The van der Waals surface area contributed by atoms with Crippen molar-refractivity contribution in [1.29, 1.82) is 5.26 Å². The summed E-state index contributed by atoms with van der Waals surface area (Å²) >= 11 is 0. The summed E-state index contributed by atoms with van der Waals surface area (Å²) in [4.78, 5) is 4.13. The second kappa shape index (κ2) is 6.53. The van der Waals surface area contributed by atoms with E-state index in [2.05, 4.69) is 16.4 Å². The van der Waals surface area contributed by atoms with Crippen molar-refractivity contribution in [3.63, 3.8) is 0 Å². The van der Waals surface area contributed by atoms with Crippen LogP contribution in [0.15, 0.2) is 48.7 Å². The molecule has 0 aliphatic carbocycles. The van der Waals surface area contributed by atoms with Gasteiger partial charge in [-0.25, -0.2) is 4.98 Å². The number of anilines is 1. The molecule has 0 saturated carbocycles. The van der Waals surface area contributed by atoms with Crippen LogP contribution in [0.2, 0.25) is 0 Å². The average Bonchev–Trinajstić information content (AvgIpc) is 2.48. The van der Waals surface area contributed by atoms with Crippen LogP contribution in [0.25, 0.3) is 0 Å². The smallest absolute Gasteiger partial charge is 0.144 e. The van der Waals surface area contributed by atoms with Gasteiger partial charge in [0.15, 0.2) is 0 Å². The lowest BCUT2D eigenvalue weighted by Crippen LogP contribution is -2.27. The lowest BCUT2D eigenvalue weighted by molar-refractivity contribution is 0.273. The van der Waals surface area contributed by atoms with Crippen molar-refractivity contribution >= 4 is 5.82 Å². The van der Waals surface area contributed by atoms with E-state index >= 15 is 0 Å². The molecule has 19 heavy (non-hydrogen) atoms. The lowest BCUT2D eigenvalue weighted by atomic mass is 10.1. The zero-order valence-corrected chi connectivity index (χ0v) is 10.5. The van der Waals surface area contributed by atoms with Crippen LogP contribution in [0.5, 0.6) is 0 Å². The lowest BCUT2D eigenvalue weighted by Gasteiger charge is -2.17. The van der Waals surface area contributed by atoms with Crippen molar-refractivity contribution in [2.75, 3.05) is 11.9 Å². The molecular weight excluding hydrogens is 238 g/mol. The van der Waals surface area contributed by atoms with Crippen LogP contribution in [-0.4, -0.2) is 22.7 Å². The fourth-order valence-electron chi connectivity index (χ4n) is 1.86. The molecule has 4 nitrogen and oxygen atoms in total. The van der Waals surface area contributed by atoms with Gasteiger partial charge in [0.2, 0.25) is 0 Å². The quantitative estimate of drug-likeness (QED) is 0.854. The van der Waals surface area contributed by atoms with Gasteiger partial charge in [-0.3, -0.25) is 0 Å². The predicted octanol–water partition coefficient (Wildman–Crippen LogP) is 1.97. The summed E-state index contributed by atoms with van der Waals surface area (Å²) in [6, 6.07) is 15.2. The second-order valence-electron chi connectivity index (χ2n) is 4.22. The maximum absolute atomic E-state index is 9.44. The second-order valence-corrected chi connectivity index (χ2v) is 4.22. The van der Waals surface area contributed by atoms with Gasteiger partial charge < -0.3 is 10.4 Å². The first kappa shape index (κ1) is 13.1. The molecule has 1 aromatic carbocycles. The molecule has 2 N–H and O–H groups in total. The van der Waals surface area contributed by atoms with E-state index in [1.165, 1.54) is 0 Å². The highest BCUT2D eigenvalue weighted by atomic mass is 16.3. The van der Waals surface area contributed by atoms with Gasteiger partial charge in [0.1, 0.15) is 11.9 Å². The third-order valence-electron chi connectivity index (χ3n) is 2.81. The van der Waals surface area contributed by atoms with Crippen LogP contribution in [-0.2, 0) is 6.42 Å². The molecule has 0 radical (unpaired) electrons. The first-order chi connectivity index (χ1) is 9.33. The number of nitriles is 1. The highest BCUT2D eigenvalue weighted by Crippen LogP contribution is 2.13. The highest BCUT2D eigenvalue weighted by Gasteiger charge is 2.11. The van der Waals surface area contributed by atoms with Gasteiger partial charge in [0.05, 0.1) is 18.2 Å². The molecule has 1 aromatic heterocycles. The first-order valence-corrected chi connectivity index (χ1v) is 6.10. The topological polar surface area (TPSA) is 68.9 Å². The van der Waals surface area contributed by atoms with Gasteiger partial charge in [-0.1, -0.05) is 30.3 Å². The minimum atomic E-state index is -0.163. The summed E-state index contributed by atoms with van der Waals surface area (Å²) in [6.45, 7) is -0.0175. The van der Waals surface area contributed by atoms with Crippen molar-refractivity contribution in [3.05, 3.63) is 59.8 Å². The van der Waals surface area contributed by atoms with E-state index < -0.39 is 0 Å². The molecule has 1 heterocycles. The zero-order chi connectivity index (χ0) is 13.5. The van der Waals surface area contributed by atoms with Crippen LogP contribution in [0, 0.1) is 11.3 Å². The number of pyridine rings is 1. The van der Waals surface area contributed by atoms with E-state index in [-0.39, 0.29) is 12.6 Å². The third-order valence-corrected chi connectivity index (χ3v) is 2.81. The Morgan fingerprint density at radius 2 is 2.00 bits per heavy atom. The number of aliphatic hydroxyl groups is 1. The fourth-order valence-corrected chi connectivity index (χ4v) is 1.86. The predicted molar refractivity (Wildman–Crippen MR) is 73.6 cm³/mol. The molecule has 2 rings (SSSR count). The Hall–Kier alpha value is -2.38. The third kappa shape index (κ3) is 3.54. The summed E-state index contributed by atoms with van der Waals surface area (Å²) in [7, 11) is 0. The number of rotatable bonds is 5. The molecule has 2 aromatic rings. The Morgan fingerprint density at radius 3 is 2.68 bits per heavy atom. The molecule has 1 atom stereocenters. The Labute approximate surface area is 112 Å². The van der Waals surface area contributed by atoms with E-state index in [0.29, 0.717) is 17.8 Å². The van der Waals surface area contributed by atoms with Crippen LogP contribution in [0.3, 0.4) is 0 Å². The standard InChI is InChI=1S/C15H15N3O/c16-10-13-7-4-8-17-15(13)18-14(11-19)9-12-5-2-1-3-6-12/h1-8,14,19H,9,11H2,(H,17,18). The van der Waals surface area contributed by atoms with Crippen LogP contribution >= 0.6 is 0 Å². The number of nitrogens with zero attached hydrogens (tertiary/aromatic N) is 2. The molecule has 96 valence electrons. The van der Waals surface area contributed by atoms with E-state index in [4.69, 9.17) is 5.26 Å². The zero-order valence-electron chi connectivity index (χ0n) is 10.5. The summed E-state index contributed by atoms with van der Waals surface area (Å²) in [6.07, 6.45) is 2.30. The largest absolute Gasteiger partial charge is 0.394 e. The maximum atomic E-state index is 9.44. The Kier molecular flexibility index (Phi) is 4.49. The number of nitrogens with one attached hydrogen (secondary N) is 1. The minimum absolute atomic E-state index is 0.0175. The van der Waals surface area contributed by atoms with Gasteiger partial charge in [0, 0.05) is 6.20 Å². The molecule has 0 aliphatic heterocycles. The Bertz CT molecular complexity index is 563. The molecule has 0 aliphatic rings. The monoisotopic (exact) mass is 253 g/mol. The van der Waals surface area contributed by atoms with Crippen molar-refractivity contribution in [2.45, 2.75) is 12.5 Å². The van der Waals surface area contributed by atoms with Crippen LogP contribution in [0.1, 0.15) is 11.1 Å². The van der Waals surface area contributed by atoms with Crippen LogP contribution < -0.4 is 5.32 Å². The maximum Gasteiger partial charge on any atom is 0.144 e. The van der Waals surface area contributed by atoms with Gasteiger partial charge >= 0.3 is 0 Å². The van der Waals surface area contributed by atoms with E-state index in [1.807, 2.05) is 30.3 Å². The fraction of sp³-hybridized carbons (Fsp3) is 0.200. The molecule has 0 saturated heterocycles. The number of benzene rings is 1. The van der Waals surface area contributed by atoms with Gasteiger partial charge in [0.25, 0.3) is 0 Å². The molecular formula is C15H15N3O. The molecule has 1 unspecified atom stereocenters. The number of aliphatic hydroxyl groups excluding tert-OH is 1. The Morgan fingerprint density at radius 1 is 1.21 bits per heavy atom. The van der Waals surface area contributed by atoms with Crippen LogP contribution in [0.4, 0.5) is 5.82 Å². The van der Waals surface area contributed by atoms with Gasteiger partial charge in [-0.15, -0.1) is 0 Å². The van der Waals surface area contributed by atoms with Crippen molar-refractivity contribution in [2.24, 2.45) is 0 Å². The summed E-state index contributed by atoms with van der Waals surface area (Å²) in [5, 5.41) is 21.6. The minimum Gasteiger partial charge on any atom is -0.394 e. The normalized spacial score (nSPS) is 11.6. The summed E-state index contributed by atoms with van der Waals surface area (Å²) < 4.78 is 0. The van der Waals surface area contributed by atoms with E-state index in [9.17, 15) is 5.11 Å². The van der Waals surface area contributed by atoms with Gasteiger partial charge in [-0.2, -0.15) is 5.26 Å². The highest BCUT2D eigenvalue weighted by molar-refractivity contribution is 5.51. The SMILES string of the molecule is N#Cc1cccnc1NC(CO)Cc1ccccc1. The van der Waals surface area contributed by atoms with E-state index in [0.717, 1.165) is 5.56 Å². The average molecular weight is 253 g/mol. The van der Waals surface area contributed by atoms with Gasteiger partial charge in [-0.05, 0) is 24.1 Å².